The molecule has 2 aromatic rings. The first-order valence-electron chi connectivity index (χ1n) is 6.11. The van der Waals surface area contributed by atoms with Gasteiger partial charge in [-0.2, -0.15) is 16.6 Å². The number of thiophene rings is 1. The Labute approximate surface area is 120 Å². The summed E-state index contributed by atoms with van der Waals surface area (Å²) in [5, 5.41) is 12.7. The Bertz CT molecular complexity index is 657. The van der Waals surface area contributed by atoms with Gasteiger partial charge in [-0.1, -0.05) is 0 Å². The lowest BCUT2D eigenvalue weighted by Crippen LogP contribution is -2.56. The van der Waals surface area contributed by atoms with Gasteiger partial charge in [0.15, 0.2) is 0 Å². The van der Waals surface area contributed by atoms with Crippen LogP contribution >= 0.6 is 11.3 Å². The van der Waals surface area contributed by atoms with Gasteiger partial charge in [-0.3, -0.25) is 4.79 Å². The van der Waals surface area contributed by atoms with E-state index in [2.05, 4.69) is 4.98 Å². The molecule has 3 rings (SSSR count). The van der Waals surface area contributed by atoms with Crippen molar-refractivity contribution in [1.29, 1.82) is 5.26 Å². The predicted molar refractivity (Wildman–Crippen MR) is 73.6 cm³/mol. The highest BCUT2D eigenvalue weighted by Crippen LogP contribution is 2.21. The first-order chi connectivity index (χ1) is 9.78. The Kier molecular flexibility index (Phi) is 3.35. The van der Waals surface area contributed by atoms with Gasteiger partial charge < -0.3 is 9.64 Å². The molecule has 1 aliphatic heterocycles. The highest BCUT2D eigenvalue weighted by molar-refractivity contribution is 7.08. The molecule has 0 aliphatic carbocycles. The van der Waals surface area contributed by atoms with E-state index in [-0.39, 0.29) is 12.0 Å². The van der Waals surface area contributed by atoms with E-state index in [0.717, 1.165) is 0 Å². The fourth-order valence-corrected chi connectivity index (χ4v) is 2.60. The monoisotopic (exact) mass is 285 g/mol. The Morgan fingerprint density at radius 2 is 2.35 bits per heavy atom. The lowest BCUT2D eigenvalue weighted by molar-refractivity contribution is 0.0159. The molecule has 1 amide bonds. The third kappa shape index (κ3) is 2.36. The Hall–Kier alpha value is -2.39. The normalized spacial score (nSPS) is 14.4. The summed E-state index contributed by atoms with van der Waals surface area (Å²) in [6.07, 6.45) is 1.49. The topological polar surface area (TPSA) is 66.2 Å². The van der Waals surface area contributed by atoms with E-state index in [9.17, 15) is 4.79 Å². The summed E-state index contributed by atoms with van der Waals surface area (Å²) in [7, 11) is 0. The molecule has 0 aromatic carbocycles. The van der Waals surface area contributed by atoms with Crippen LogP contribution in [-0.2, 0) is 0 Å². The first-order valence-corrected chi connectivity index (χ1v) is 7.05. The van der Waals surface area contributed by atoms with Crippen molar-refractivity contribution in [3.8, 4) is 11.9 Å². The van der Waals surface area contributed by atoms with Gasteiger partial charge in [0.05, 0.1) is 18.7 Å². The molecule has 6 heteroatoms. The maximum atomic E-state index is 12.0. The fourth-order valence-electron chi connectivity index (χ4n) is 1.97. The van der Waals surface area contributed by atoms with Crippen molar-refractivity contribution >= 4 is 17.2 Å². The molecule has 1 fully saturated rings. The molecule has 0 saturated carbocycles. The van der Waals surface area contributed by atoms with E-state index in [0.29, 0.717) is 30.1 Å². The quantitative estimate of drug-likeness (QED) is 0.864. The summed E-state index contributed by atoms with van der Waals surface area (Å²) in [6, 6.07) is 7.21. The van der Waals surface area contributed by atoms with Crippen molar-refractivity contribution in [3.05, 3.63) is 46.3 Å². The van der Waals surface area contributed by atoms with Gasteiger partial charge in [0, 0.05) is 11.6 Å². The Morgan fingerprint density at radius 1 is 1.50 bits per heavy atom. The van der Waals surface area contributed by atoms with Crippen molar-refractivity contribution in [2.75, 3.05) is 13.1 Å². The van der Waals surface area contributed by atoms with Crippen LogP contribution in [0.15, 0.2) is 35.2 Å². The minimum Gasteiger partial charge on any atom is -0.470 e. The van der Waals surface area contributed by atoms with Gasteiger partial charge in [-0.25, -0.2) is 4.98 Å². The average molecular weight is 285 g/mol. The number of aromatic nitrogens is 1. The number of rotatable bonds is 3. The van der Waals surface area contributed by atoms with Crippen LogP contribution in [0.4, 0.5) is 0 Å². The maximum Gasteiger partial charge on any atom is 0.254 e. The van der Waals surface area contributed by atoms with Gasteiger partial charge in [0.25, 0.3) is 5.91 Å². The van der Waals surface area contributed by atoms with Crippen LogP contribution in [0.3, 0.4) is 0 Å². The summed E-state index contributed by atoms with van der Waals surface area (Å²) < 4.78 is 5.65. The molecule has 3 heterocycles. The van der Waals surface area contributed by atoms with Gasteiger partial charge >= 0.3 is 0 Å². The second-order valence-corrected chi connectivity index (χ2v) is 5.21. The Balaban J connectivity index is 1.59. The molecule has 5 nitrogen and oxygen atoms in total. The van der Waals surface area contributed by atoms with E-state index >= 15 is 0 Å². The second kappa shape index (κ2) is 5.31. The number of pyridine rings is 1. The number of carbonyl (C=O) groups is 1. The zero-order valence-electron chi connectivity index (χ0n) is 10.5. The number of hydrogen-bond acceptors (Lipinski definition) is 5. The molecule has 0 atom stereocenters. The molecule has 100 valence electrons. The molecule has 1 saturated heterocycles. The van der Waals surface area contributed by atoms with E-state index in [1.807, 2.05) is 22.9 Å². The van der Waals surface area contributed by atoms with Gasteiger partial charge in [-0.15, -0.1) is 0 Å². The summed E-state index contributed by atoms with van der Waals surface area (Å²) in [4.78, 5) is 17.8. The van der Waals surface area contributed by atoms with E-state index in [1.165, 1.54) is 11.3 Å². The molecular formula is C14H11N3O2S. The number of nitrogens with zero attached hydrogens (tertiary/aromatic N) is 3. The second-order valence-electron chi connectivity index (χ2n) is 4.43. The van der Waals surface area contributed by atoms with E-state index in [4.69, 9.17) is 10.00 Å². The summed E-state index contributed by atoms with van der Waals surface area (Å²) in [6.45, 7) is 1.05. The van der Waals surface area contributed by atoms with E-state index < -0.39 is 0 Å². The van der Waals surface area contributed by atoms with Crippen LogP contribution in [0.2, 0.25) is 0 Å². The number of carbonyl (C=O) groups excluding carboxylic acids is 1. The number of ether oxygens (including phenoxy) is 1. The van der Waals surface area contributed by atoms with Crippen molar-refractivity contribution in [2.45, 2.75) is 6.10 Å². The molecule has 0 spiro atoms. The van der Waals surface area contributed by atoms with Gasteiger partial charge in [0.1, 0.15) is 17.7 Å². The molecule has 1 aliphatic rings. The minimum atomic E-state index is -0.0976. The Morgan fingerprint density at radius 3 is 3.05 bits per heavy atom. The molecular weight excluding hydrogens is 274 g/mol. The lowest BCUT2D eigenvalue weighted by atomic mass is 10.1. The van der Waals surface area contributed by atoms with Crippen LogP contribution in [0.25, 0.3) is 0 Å². The summed E-state index contributed by atoms with van der Waals surface area (Å²) >= 11 is 1.50. The lowest BCUT2D eigenvalue weighted by Gasteiger charge is -2.38. The first kappa shape index (κ1) is 12.6. The maximum absolute atomic E-state index is 12.0. The number of amides is 1. The van der Waals surface area contributed by atoms with Crippen LogP contribution in [0.1, 0.15) is 15.9 Å². The fraction of sp³-hybridized carbons (Fsp3) is 0.214. The van der Waals surface area contributed by atoms with Crippen molar-refractivity contribution in [2.24, 2.45) is 0 Å². The summed E-state index contributed by atoms with van der Waals surface area (Å²) in [5.41, 5.74) is 1.12. The number of nitriles is 1. The third-order valence-corrected chi connectivity index (χ3v) is 3.76. The standard InChI is InChI=1S/C14H11N3O2S/c15-6-10-2-1-4-16-13(10)19-12-7-17(8-12)14(18)11-3-5-20-9-11/h1-5,9,12H,7-8H2. The van der Waals surface area contributed by atoms with Crippen LogP contribution in [0, 0.1) is 11.3 Å². The molecule has 20 heavy (non-hydrogen) atoms. The SMILES string of the molecule is N#Cc1cccnc1OC1CN(C(=O)c2ccsc2)C1. The smallest absolute Gasteiger partial charge is 0.254 e. The van der Waals surface area contributed by atoms with Crippen molar-refractivity contribution in [1.82, 2.24) is 9.88 Å². The molecule has 0 unspecified atom stereocenters. The van der Waals surface area contributed by atoms with Gasteiger partial charge in [0.2, 0.25) is 5.88 Å². The molecule has 0 radical (unpaired) electrons. The van der Waals surface area contributed by atoms with Crippen LogP contribution in [-0.4, -0.2) is 35.0 Å². The number of hydrogen-bond donors (Lipinski definition) is 0. The zero-order chi connectivity index (χ0) is 13.9. The summed E-state index contributed by atoms with van der Waals surface area (Å²) in [5.74, 6) is 0.357. The largest absolute Gasteiger partial charge is 0.470 e. The van der Waals surface area contributed by atoms with E-state index in [1.54, 1.807) is 23.2 Å². The molecule has 0 bridgehead atoms. The van der Waals surface area contributed by atoms with Crippen LogP contribution < -0.4 is 4.74 Å². The van der Waals surface area contributed by atoms with Crippen LogP contribution in [0.5, 0.6) is 5.88 Å². The molecule has 2 aromatic heterocycles. The highest BCUT2D eigenvalue weighted by Gasteiger charge is 2.33. The molecule has 0 N–H and O–H groups in total. The van der Waals surface area contributed by atoms with Gasteiger partial charge in [-0.05, 0) is 23.6 Å². The minimum absolute atomic E-state index is 0.0210. The number of likely N-dealkylation sites (tertiary alicyclic amines) is 1. The zero-order valence-corrected chi connectivity index (χ0v) is 11.3. The average Bonchev–Trinajstić information content (AvgIpc) is 2.96. The van der Waals surface area contributed by atoms with Crippen molar-refractivity contribution in [3.63, 3.8) is 0 Å². The van der Waals surface area contributed by atoms with Crippen molar-refractivity contribution < 1.29 is 9.53 Å². The predicted octanol–water partition coefficient (Wildman–Crippen LogP) is 1.92. The highest BCUT2D eigenvalue weighted by atomic mass is 32.1. The third-order valence-electron chi connectivity index (χ3n) is 3.07.